The molecule has 0 aliphatic carbocycles. The van der Waals surface area contributed by atoms with Crippen LogP contribution in [0.3, 0.4) is 0 Å². The van der Waals surface area contributed by atoms with Gasteiger partial charge in [-0.3, -0.25) is 10.1 Å². The average molecular weight is 362 g/mol. The van der Waals surface area contributed by atoms with Gasteiger partial charge in [-0.25, -0.2) is 0 Å². The molecule has 1 saturated heterocycles. The normalized spacial score (nSPS) is 18.8. The Bertz CT molecular complexity index is 718. The number of carbonyl (C=O) groups excluding carboxylic acids is 1. The number of aromatic hydroxyl groups is 1. The van der Waals surface area contributed by atoms with E-state index in [1.54, 1.807) is 0 Å². The highest BCUT2D eigenvalue weighted by Crippen LogP contribution is 2.40. The maximum Gasteiger partial charge on any atom is 0.264 e. The zero-order valence-electron chi connectivity index (χ0n) is 15.9. The topological polar surface area (TPSA) is 70.9 Å². The number of nitrogens with zero attached hydrogens (tertiary/aromatic N) is 1. The van der Waals surface area contributed by atoms with Gasteiger partial charge in [-0.15, -0.1) is 0 Å². The SMILES string of the molecule is CO/N=C1\NC(=O)/C(=C/c2cc(C(C)(C)C)c(O)c(C(C)(C)C)c2)S1. The van der Waals surface area contributed by atoms with Crippen molar-refractivity contribution in [1.82, 2.24) is 5.32 Å². The molecule has 1 aromatic carbocycles. The van der Waals surface area contributed by atoms with E-state index in [1.165, 1.54) is 18.9 Å². The molecule has 1 fully saturated rings. The van der Waals surface area contributed by atoms with Crippen LogP contribution in [0.25, 0.3) is 6.08 Å². The van der Waals surface area contributed by atoms with E-state index in [9.17, 15) is 9.90 Å². The van der Waals surface area contributed by atoms with Gasteiger partial charge < -0.3 is 9.94 Å². The van der Waals surface area contributed by atoms with Crippen molar-refractivity contribution >= 4 is 28.9 Å². The first kappa shape index (κ1) is 19.4. The molecule has 25 heavy (non-hydrogen) atoms. The molecule has 0 spiro atoms. The summed E-state index contributed by atoms with van der Waals surface area (Å²) in [6.07, 6.45) is 1.82. The van der Waals surface area contributed by atoms with Gasteiger partial charge in [0.05, 0.1) is 4.91 Å². The minimum absolute atomic E-state index is 0.205. The summed E-state index contributed by atoms with van der Waals surface area (Å²) < 4.78 is 0. The van der Waals surface area contributed by atoms with E-state index in [2.05, 4.69) is 52.0 Å². The fraction of sp³-hybridized carbons (Fsp3) is 0.474. The van der Waals surface area contributed by atoms with Crippen LogP contribution in [-0.4, -0.2) is 23.3 Å². The third kappa shape index (κ3) is 4.37. The summed E-state index contributed by atoms with van der Waals surface area (Å²) in [6.45, 7) is 12.4. The monoisotopic (exact) mass is 362 g/mol. The predicted octanol–water partition coefficient (Wildman–Crippen LogP) is 4.11. The van der Waals surface area contributed by atoms with Gasteiger partial charge in [0.15, 0.2) is 0 Å². The van der Waals surface area contributed by atoms with Crippen LogP contribution in [0.15, 0.2) is 22.2 Å². The van der Waals surface area contributed by atoms with Gasteiger partial charge in [0.2, 0.25) is 5.17 Å². The van der Waals surface area contributed by atoms with Gasteiger partial charge in [0.1, 0.15) is 12.9 Å². The van der Waals surface area contributed by atoms with E-state index in [1.807, 2.05) is 18.2 Å². The van der Waals surface area contributed by atoms with E-state index in [4.69, 9.17) is 4.84 Å². The minimum Gasteiger partial charge on any atom is -0.507 e. The molecular formula is C19H26N2O3S. The number of carbonyl (C=O) groups is 1. The van der Waals surface area contributed by atoms with Crippen molar-refractivity contribution in [1.29, 1.82) is 0 Å². The number of nitrogens with one attached hydrogen (secondary N) is 1. The molecule has 1 amide bonds. The molecule has 0 unspecified atom stereocenters. The molecule has 2 rings (SSSR count). The number of rotatable bonds is 2. The summed E-state index contributed by atoms with van der Waals surface area (Å²) in [5.41, 5.74) is 2.17. The number of oxime groups is 1. The maximum absolute atomic E-state index is 12.1. The van der Waals surface area contributed by atoms with E-state index in [0.717, 1.165) is 16.7 Å². The smallest absolute Gasteiger partial charge is 0.264 e. The second kappa shape index (κ2) is 6.75. The highest BCUT2D eigenvalue weighted by molar-refractivity contribution is 8.18. The van der Waals surface area contributed by atoms with Crippen molar-refractivity contribution in [2.75, 3.05) is 7.11 Å². The molecule has 0 bridgehead atoms. The average Bonchev–Trinajstić information content (AvgIpc) is 2.78. The highest BCUT2D eigenvalue weighted by atomic mass is 32.2. The molecule has 0 saturated carbocycles. The summed E-state index contributed by atoms with van der Waals surface area (Å²) in [5, 5.41) is 17.6. The van der Waals surface area contributed by atoms with Crippen molar-refractivity contribution in [2.45, 2.75) is 52.4 Å². The van der Waals surface area contributed by atoms with Gasteiger partial charge in [-0.2, -0.15) is 0 Å². The second-order valence-electron chi connectivity index (χ2n) is 8.11. The second-order valence-corrected chi connectivity index (χ2v) is 9.14. The molecule has 6 heteroatoms. The number of thioether (sulfide) groups is 1. The van der Waals surface area contributed by atoms with Gasteiger partial charge in [-0.05, 0) is 46.4 Å². The van der Waals surface area contributed by atoms with Gasteiger partial charge in [0, 0.05) is 11.1 Å². The predicted molar refractivity (Wildman–Crippen MR) is 104 cm³/mol. The summed E-state index contributed by atoms with van der Waals surface area (Å²) in [6, 6.07) is 3.88. The lowest BCUT2D eigenvalue weighted by Gasteiger charge is -2.28. The number of amidine groups is 1. The molecule has 0 atom stereocenters. The van der Waals surface area contributed by atoms with E-state index < -0.39 is 0 Å². The zero-order chi connectivity index (χ0) is 19.0. The van der Waals surface area contributed by atoms with E-state index in [-0.39, 0.29) is 16.7 Å². The molecule has 0 radical (unpaired) electrons. The van der Waals surface area contributed by atoms with Gasteiger partial charge in [0.25, 0.3) is 5.91 Å². The van der Waals surface area contributed by atoms with Crippen LogP contribution in [0.2, 0.25) is 0 Å². The van der Waals surface area contributed by atoms with E-state index >= 15 is 0 Å². The van der Waals surface area contributed by atoms with E-state index in [0.29, 0.717) is 15.8 Å². The third-order valence-electron chi connectivity index (χ3n) is 3.87. The number of hydrogen-bond acceptors (Lipinski definition) is 5. The number of phenols is 1. The number of amides is 1. The largest absolute Gasteiger partial charge is 0.507 e. The molecule has 1 aliphatic heterocycles. The van der Waals surface area contributed by atoms with Crippen LogP contribution in [0.1, 0.15) is 58.2 Å². The quantitative estimate of drug-likeness (QED) is 0.613. The Kier molecular flexibility index (Phi) is 5.23. The first-order valence-corrected chi connectivity index (χ1v) is 8.95. The van der Waals surface area contributed by atoms with Crippen LogP contribution in [0.4, 0.5) is 0 Å². The van der Waals surface area contributed by atoms with Gasteiger partial charge >= 0.3 is 0 Å². The van der Waals surface area contributed by atoms with Crippen molar-refractivity contribution in [3.05, 3.63) is 33.7 Å². The molecule has 1 aromatic rings. The Morgan fingerprint density at radius 3 is 2.08 bits per heavy atom. The Morgan fingerprint density at radius 1 is 1.12 bits per heavy atom. The molecule has 0 aromatic heterocycles. The summed E-state index contributed by atoms with van der Waals surface area (Å²) in [5.74, 6) is 0.121. The first-order chi connectivity index (χ1) is 11.4. The number of phenolic OH excluding ortho intramolecular Hbond substituents is 1. The fourth-order valence-electron chi connectivity index (χ4n) is 2.59. The third-order valence-corrected chi connectivity index (χ3v) is 4.76. The lowest BCUT2D eigenvalue weighted by molar-refractivity contribution is -0.115. The number of benzene rings is 1. The Hall–Kier alpha value is -1.95. The Labute approximate surface area is 153 Å². The standard InChI is InChI=1S/C19H26N2O3S/c1-18(2,3)12-8-11(9-13(15(12)22)19(4,5)6)10-14-16(23)20-17(25-14)21-24-7/h8-10,22H,1-7H3,(H,20,21,23)/b14-10-. The summed E-state index contributed by atoms with van der Waals surface area (Å²) in [4.78, 5) is 17.4. The van der Waals surface area contributed by atoms with Gasteiger partial charge in [-0.1, -0.05) is 46.7 Å². The van der Waals surface area contributed by atoms with Crippen LogP contribution >= 0.6 is 11.8 Å². The van der Waals surface area contributed by atoms with Crippen molar-refractivity contribution in [3.8, 4) is 5.75 Å². The maximum atomic E-state index is 12.1. The van der Waals surface area contributed by atoms with Crippen LogP contribution < -0.4 is 5.32 Å². The summed E-state index contributed by atoms with van der Waals surface area (Å²) >= 11 is 1.23. The highest BCUT2D eigenvalue weighted by Gasteiger charge is 2.28. The lowest BCUT2D eigenvalue weighted by atomic mass is 9.78. The van der Waals surface area contributed by atoms with Crippen molar-refractivity contribution in [2.24, 2.45) is 5.16 Å². The van der Waals surface area contributed by atoms with Crippen LogP contribution in [0.5, 0.6) is 5.75 Å². The van der Waals surface area contributed by atoms with Crippen molar-refractivity contribution in [3.63, 3.8) is 0 Å². The molecule has 5 nitrogen and oxygen atoms in total. The summed E-state index contributed by atoms with van der Waals surface area (Å²) in [7, 11) is 1.44. The first-order valence-electron chi connectivity index (χ1n) is 8.13. The molecule has 1 aliphatic rings. The molecular weight excluding hydrogens is 336 g/mol. The Morgan fingerprint density at radius 2 is 1.64 bits per heavy atom. The van der Waals surface area contributed by atoms with Crippen LogP contribution in [0, 0.1) is 0 Å². The molecule has 136 valence electrons. The molecule has 1 heterocycles. The fourth-order valence-corrected chi connectivity index (χ4v) is 3.39. The number of hydrogen-bond donors (Lipinski definition) is 2. The lowest BCUT2D eigenvalue weighted by Crippen LogP contribution is -2.19. The Balaban J connectivity index is 2.57. The minimum atomic E-state index is -0.216. The van der Waals surface area contributed by atoms with Crippen molar-refractivity contribution < 1.29 is 14.7 Å². The zero-order valence-corrected chi connectivity index (χ0v) is 16.7. The van der Waals surface area contributed by atoms with Crippen LogP contribution in [-0.2, 0) is 20.5 Å². The molecule has 2 N–H and O–H groups in total.